The molecule has 3 aromatic rings. The second kappa shape index (κ2) is 6.01. The average molecular weight is 338 g/mol. The Labute approximate surface area is 141 Å². The van der Waals surface area contributed by atoms with Crippen molar-refractivity contribution in [2.75, 3.05) is 11.9 Å². The first-order valence-electron chi connectivity index (χ1n) is 7.65. The molecule has 0 radical (unpaired) electrons. The number of benzene rings is 1. The third-order valence-electron chi connectivity index (χ3n) is 3.89. The fourth-order valence-electron chi connectivity index (χ4n) is 2.75. The monoisotopic (exact) mass is 338 g/mol. The Kier molecular flexibility index (Phi) is 3.70. The molecule has 1 aromatic carbocycles. The summed E-state index contributed by atoms with van der Waals surface area (Å²) in [5, 5.41) is 7.77. The van der Waals surface area contributed by atoms with Crippen LogP contribution in [0.5, 0.6) is 0 Å². The van der Waals surface area contributed by atoms with Crippen LogP contribution in [-0.2, 0) is 6.42 Å². The van der Waals surface area contributed by atoms with Crippen molar-refractivity contribution >= 4 is 39.1 Å². The number of anilines is 1. The predicted octanol–water partition coefficient (Wildman–Crippen LogP) is 2.62. The van der Waals surface area contributed by atoms with E-state index < -0.39 is 0 Å². The molecule has 3 heterocycles. The van der Waals surface area contributed by atoms with E-state index in [-0.39, 0.29) is 11.8 Å². The number of nitrogens with one attached hydrogen (secondary N) is 2. The second-order valence-corrected chi connectivity index (χ2v) is 6.49. The van der Waals surface area contributed by atoms with Gasteiger partial charge in [-0.2, -0.15) is 0 Å². The lowest BCUT2D eigenvalue weighted by Gasteiger charge is -2.05. The molecule has 24 heavy (non-hydrogen) atoms. The van der Waals surface area contributed by atoms with Crippen molar-refractivity contribution in [3.63, 3.8) is 0 Å². The zero-order valence-electron chi connectivity index (χ0n) is 12.7. The molecule has 2 N–H and O–H groups in total. The van der Waals surface area contributed by atoms with Gasteiger partial charge >= 0.3 is 0 Å². The van der Waals surface area contributed by atoms with Crippen LogP contribution < -0.4 is 10.6 Å². The Morgan fingerprint density at radius 2 is 2.12 bits per heavy atom. The van der Waals surface area contributed by atoms with Crippen LogP contribution in [-0.4, -0.2) is 28.3 Å². The largest absolute Gasteiger partial charge is 0.351 e. The van der Waals surface area contributed by atoms with Crippen LogP contribution >= 0.6 is 11.3 Å². The number of fused-ring (bicyclic) bond motifs is 2. The standard InChI is InChI=1S/C17H14N4O2S/c22-15(13-11-5-2-1-4-10(11)7-9-18-13)21-17-20-12-6-3-8-19-16(23)14(12)24-17/h1-2,4-5,7,9H,3,6,8H2,(H,19,23)(H,20,21,22). The number of aryl methyl sites for hydroxylation is 1. The molecule has 120 valence electrons. The molecule has 0 saturated heterocycles. The SMILES string of the molecule is O=C1NCCCc2nc(NC(=O)c3nccc4ccccc34)sc21. The van der Waals surface area contributed by atoms with Gasteiger partial charge in [0.2, 0.25) is 0 Å². The van der Waals surface area contributed by atoms with E-state index in [0.29, 0.717) is 22.2 Å². The molecule has 0 unspecified atom stereocenters. The normalized spacial score (nSPS) is 13.9. The van der Waals surface area contributed by atoms with Gasteiger partial charge in [-0.15, -0.1) is 0 Å². The van der Waals surface area contributed by atoms with Gasteiger partial charge in [0, 0.05) is 18.1 Å². The maximum atomic E-state index is 12.6. The Bertz CT molecular complexity index is 945. The summed E-state index contributed by atoms with van der Waals surface area (Å²) < 4.78 is 0. The molecule has 0 fully saturated rings. The molecule has 0 saturated carbocycles. The summed E-state index contributed by atoms with van der Waals surface area (Å²) in [6, 6.07) is 9.45. The van der Waals surface area contributed by atoms with E-state index in [1.165, 1.54) is 11.3 Å². The highest BCUT2D eigenvalue weighted by atomic mass is 32.1. The van der Waals surface area contributed by atoms with Crippen molar-refractivity contribution in [2.24, 2.45) is 0 Å². The zero-order valence-corrected chi connectivity index (χ0v) is 13.5. The molecule has 2 amide bonds. The summed E-state index contributed by atoms with van der Waals surface area (Å²) in [5.74, 6) is -0.445. The third-order valence-corrected chi connectivity index (χ3v) is 4.90. The van der Waals surface area contributed by atoms with Crippen LogP contribution in [0.2, 0.25) is 0 Å². The van der Waals surface area contributed by atoms with Crippen molar-refractivity contribution in [1.82, 2.24) is 15.3 Å². The molecule has 0 atom stereocenters. The summed E-state index contributed by atoms with van der Waals surface area (Å²) in [5.41, 5.74) is 1.10. The van der Waals surface area contributed by atoms with E-state index in [0.717, 1.165) is 29.3 Å². The first kappa shape index (κ1) is 14.8. The number of pyridine rings is 1. The van der Waals surface area contributed by atoms with Gasteiger partial charge in [-0.1, -0.05) is 35.6 Å². The van der Waals surface area contributed by atoms with E-state index in [4.69, 9.17) is 0 Å². The van der Waals surface area contributed by atoms with Crippen molar-refractivity contribution < 1.29 is 9.59 Å². The van der Waals surface area contributed by atoms with Crippen LogP contribution in [0.3, 0.4) is 0 Å². The number of carbonyl (C=O) groups excluding carboxylic acids is 2. The van der Waals surface area contributed by atoms with Crippen LogP contribution in [0.1, 0.15) is 32.3 Å². The minimum absolute atomic E-state index is 0.121. The molecular formula is C17H14N4O2S. The minimum Gasteiger partial charge on any atom is -0.351 e. The van der Waals surface area contributed by atoms with Crippen LogP contribution in [0.25, 0.3) is 10.8 Å². The first-order chi connectivity index (χ1) is 11.7. The van der Waals surface area contributed by atoms with Crippen molar-refractivity contribution in [1.29, 1.82) is 0 Å². The van der Waals surface area contributed by atoms with Gasteiger partial charge in [0.15, 0.2) is 5.13 Å². The minimum atomic E-state index is -0.323. The lowest BCUT2D eigenvalue weighted by molar-refractivity contribution is 0.0958. The molecule has 1 aliphatic heterocycles. The Hall–Kier alpha value is -2.80. The highest BCUT2D eigenvalue weighted by molar-refractivity contribution is 7.17. The van der Waals surface area contributed by atoms with Gasteiger partial charge in [0.25, 0.3) is 11.8 Å². The van der Waals surface area contributed by atoms with Gasteiger partial charge in [0.05, 0.1) is 5.69 Å². The van der Waals surface area contributed by atoms with E-state index in [1.807, 2.05) is 30.3 Å². The summed E-state index contributed by atoms with van der Waals surface area (Å²) in [6.45, 7) is 0.656. The number of carbonyl (C=O) groups is 2. The summed E-state index contributed by atoms with van der Waals surface area (Å²) in [4.78, 5) is 33.7. The summed E-state index contributed by atoms with van der Waals surface area (Å²) >= 11 is 1.20. The summed E-state index contributed by atoms with van der Waals surface area (Å²) in [6.07, 6.45) is 3.19. The van der Waals surface area contributed by atoms with E-state index in [2.05, 4.69) is 20.6 Å². The number of rotatable bonds is 2. The van der Waals surface area contributed by atoms with Crippen molar-refractivity contribution in [2.45, 2.75) is 12.8 Å². The molecule has 1 aliphatic rings. The van der Waals surface area contributed by atoms with Crippen LogP contribution in [0, 0.1) is 0 Å². The lowest BCUT2D eigenvalue weighted by atomic mass is 10.1. The van der Waals surface area contributed by atoms with E-state index >= 15 is 0 Å². The Balaban J connectivity index is 1.65. The van der Waals surface area contributed by atoms with Crippen LogP contribution in [0.15, 0.2) is 36.5 Å². The lowest BCUT2D eigenvalue weighted by Crippen LogP contribution is -2.21. The van der Waals surface area contributed by atoms with Crippen molar-refractivity contribution in [3.8, 4) is 0 Å². The number of hydrogen-bond donors (Lipinski definition) is 2. The molecule has 4 rings (SSSR count). The molecule has 0 aliphatic carbocycles. The fourth-order valence-corrected chi connectivity index (χ4v) is 3.67. The maximum absolute atomic E-state index is 12.6. The maximum Gasteiger partial charge on any atom is 0.276 e. The highest BCUT2D eigenvalue weighted by Gasteiger charge is 2.22. The summed E-state index contributed by atoms with van der Waals surface area (Å²) in [7, 11) is 0. The molecule has 7 heteroatoms. The first-order valence-corrected chi connectivity index (χ1v) is 8.47. The topological polar surface area (TPSA) is 84.0 Å². The highest BCUT2D eigenvalue weighted by Crippen LogP contribution is 2.26. The van der Waals surface area contributed by atoms with Gasteiger partial charge in [-0.25, -0.2) is 4.98 Å². The molecule has 2 aromatic heterocycles. The number of hydrogen-bond acceptors (Lipinski definition) is 5. The van der Waals surface area contributed by atoms with Gasteiger partial charge < -0.3 is 5.32 Å². The predicted molar refractivity (Wildman–Crippen MR) is 92.5 cm³/mol. The van der Waals surface area contributed by atoms with Gasteiger partial charge in [0.1, 0.15) is 10.6 Å². The third kappa shape index (κ3) is 2.63. The second-order valence-electron chi connectivity index (χ2n) is 5.49. The van der Waals surface area contributed by atoms with Crippen molar-refractivity contribution in [3.05, 3.63) is 52.8 Å². The Morgan fingerprint density at radius 3 is 3.04 bits per heavy atom. The van der Waals surface area contributed by atoms with E-state index in [9.17, 15) is 9.59 Å². The van der Waals surface area contributed by atoms with Crippen LogP contribution in [0.4, 0.5) is 5.13 Å². The smallest absolute Gasteiger partial charge is 0.276 e. The number of aromatic nitrogens is 2. The Morgan fingerprint density at radius 1 is 1.25 bits per heavy atom. The molecule has 0 spiro atoms. The average Bonchev–Trinajstić information content (AvgIpc) is 2.92. The number of amides is 2. The molecular weight excluding hydrogens is 324 g/mol. The molecule has 0 bridgehead atoms. The van der Waals surface area contributed by atoms with Gasteiger partial charge in [-0.3, -0.25) is 19.9 Å². The number of nitrogens with zero attached hydrogens (tertiary/aromatic N) is 2. The van der Waals surface area contributed by atoms with E-state index in [1.54, 1.807) is 6.20 Å². The molecule has 6 nitrogen and oxygen atoms in total. The number of thiazole rings is 1. The fraction of sp³-hybridized carbons (Fsp3) is 0.176. The zero-order chi connectivity index (χ0) is 16.5. The quantitative estimate of drug-likeness (QED) is 0.752. The van der Waals surface area contributed by atoms with Gasteiger partial charge in [-0.05, 0) is 24.3 Å².